The second-order valence-electron chi connectivity index (χ2n) is 7.10. The first kappa shape index (κ1) is 17.5. The highest BCUT2D eigenvalue weighted by Crippen LogP contribution is 2.29. The standard InChI is InChI=1S/C18H25N5O2S/c24-15-6-3-5-14(15)23-17(25)8-7-16(21-23)22-10-2-1-4-13(22)12-20-18-19-9-11-26-18/h7-9,11,13-15,24H,1-6,10,12H2,(H,19,20). The normalized spacial score (nSPS) is 26.2. The molecule has 7 nitrogen and oxygen atoms in total. The predicted octanol–water partition coefficient (Wildman–Crippen LogP) is 2.26. The molecule has 1 saturated heterocycles. The Bertz CT molecular complexity index is 778. The summed E-state index contributed by atoms with van der Waals surface area (Å²) >= 11 is 1.60. The minimum atomic E-state index is -0.473. The lowest BCUT2D eigenvalue weighted by Gasteiger charge is -2.37. The van der Waals surface area contributed by atoms with Crippen molar-refractivity contribution in [1.82, 2.24) is 14.8 Å². The zero-order valence-corrected chi connectivity index (χ0v) is 15.6. The fourth-order valence-electron chi connectivity index (χ4n) is 4.04. The van der Waals surface area contributed by atoms with Crippen LogP contribution < -0.4 is 15.8 Å². The molecule has 140 valence electrons. The Kier molecular flexibility index (Phi) is 5.21. The van der Waals surface area contributed by atoms with Crippen LogP contribution in [0.5, 0.6) is 0 Å². The summed E-state index contributed by atoms with van der Waals surface area (Å²) in [7, 11) is 0. The number of piperidine rings is 1. The summed E-state index contributed by atoms with van der Waals surface area (Å²) in [6.07, 6.45) is 7.23. The summed E-state index contributed by atoms with van der Waals surface area (Å²) in [6, 6.07) is 3.54. The van der Waals surface area contributed by atoms with Gasteiger partial charge >= 0.3 is 0 Å². The molecule has 26 heavy (non-hydrogen) atoms. The van der Waals surface area contributed by atoms with Gasteiger partial charge in [0.15, 0.2) is 5.13 Å². The van der Waals surface area contributed by atoms with E-state index in [2.05, 4.69) is 20.3 Å². The molecule has 2 aliphatic rings. The van der Waals surface area contributed by atoms with Gasteiger partial charge in [-0.25, -0.2) is 9.67 Å². The van der Waals surface area contributed by atoms with Gasteiger partial charge in [0.2, 0.25) is 0 Å². The van der Waals surface area contributed by atoms with Crippen LogP contribution in [0.15, 0.2) is 28.5 Å². The summed E-state index contributed by atoms with van der Waals surface area (Å²) in [5, 5.41) is 21.1. The molecule has 2 N–H and O–H groups in total. The molecule has 0 spiro atoms. The number of anilines is 2. The lowest BCUT2D eigenvalue weighted by atomic mass is 10.0. The molecular weight excluding hydrogens is 350 g/mol. The number of thiazole rings is 1. The van der Waals surface area contributed by atoms with Crippen molar-refractivity contribution in [3.8, 4) is 0 Å². The van der Waals surface area contributed by atoms with Crippen LogP contribution in [-0.2, 0) is 0 Å². The van der Waals surface area contributed by atoms with Crippen LogP contribution in [0.2, 0.25) is 0 Å². The van der Waals surface area contributed by atoms with Crippen LogP contribution in [0.1, 0.15) is 44.6 Å². The number of aromatic nitrogens is 3. The zero-order valence-electron chi connectivity index (χ0n) is 14.8. The fourth-order valence-corrected chi connectivity index (χ4v) is 4.58. The highest BCUT2D eigenvalue weighted by Gasteiger charge is 2.30. The molecule has 2 fully saturated rings. The topological polar surface area (TPSA) is 83.3 Å². The zero-order chi connectivity index (χ0) is 17.9. The summed E-state index contributed by atoms with van der Waals surface area (Å²) in [4.78, 5) is 18.9. The number of hydrogen-bond acceptors (Lipinski definition) is 7. The maximum Gasteiger partial charge on any atom is 0.267 e. The maximum atomic E-state index is 12.3. The average molecular weight is 375 g/mol. The maximum absolute atomic E-state index is 12.3. The number of hydrogen-bond donors (Lipinski definition) is 2. The van der Waals surface area contributed by atoms with E-state index < -0.39 is 6.10 Å². The summed E-state index contributed by atoms with van der Waals surface area (Å²) in [5.74, 6) is 0.828. The van der Waals surface area contributed by atoms with Crippen LogP contribution in [0, 0.1) is 0 Å². The molecule has 3 unspecified atom stereocenters. The minimum Gasteiger partial charge on any atom is -0.391 e. The van der Waals surface area contributed by atoms with Gasteiger partial charge in [0.1, 0.15) is 5.82 Å². The molecule has 1 aliphatic heterocycles. The van der Waals surface area contributed by atoms with Crippen molar-refractivity contribution < 1.29 is 5.11 Å². The Hall–Kier alpha value is -1.93. The Balaban J connectivity index is 1.55. The number of aliphatic hydroxyl groups excluding tert-OH is 1. The van der Waals surface area contributed by atoms with Crippen molar-refractivity contribution in [2.75, 3.05) is 23.3 Å². The molecule has 3 atom stereocenters. The van der Waals surface area contributed by atoms with Crippen LogP contribution in [0.4, 0.5) is 10.9 Å². The van der Waals surface area contributed by atoms with Crippen LogP contribution in [0.3, 0.4) is 0 Å². The van der Waals surface area contributed by atoms with Crippen molar-refractivity contribution in [2.45, 2.75) is 56.7 Å². The van der Waals surface area contributed by atoms with Gasteiger partial charge in [-0.3, -0.25) is 4.79 Å². The Labute approximate surface area is 156 Å². The second kappa shape index (κ2) is 7.75. The van der Waals surface area contributed by atoms with Gasteiger partial charge in [-0.1, -0.05) is 0 Å². The largest absolute Gasteiger partial charge is 0.391 e. The molecule has 0 amide bonds. The first-order valence-electron chi connectivity index (χ1n) is 9.40. The molecule has 4 rings (SSSR count). The van der Waals surface area contributed by atoms with Crippen LogP contribution in [0.25, 0.3) is 0 Å². The van der Waals surface area contributed by atoms with E-state index in [1.54, 1.807) is 23.6 Å². The molecule has 8 heteroatoms. The quantitative estimate of drug-likeness (QED) is 0.834. The SMILES string of the molecule is O=c1ccc(N2CCCCC2CNc2nccs2)nn1C1CCCC1O. The lowest BCUT2D eigenvalue weighted by molar-refractivity contribution is 0.127. The Morgan fingerprint density at radius 1 is 1.23 bits per heavy atom. The summed E-state index contributed by atoms with van der Waals surface area (Å²) < 4.78 is 1.51. The molecule has 0 bridgehead atoms. The van der Waals surface area contributed by atoms with Gasteiger partial charge in [0, 0.05) is 36.8 Å². The molecule has 1 saturated carbocycles. The van der Waals surface area contributed by atoms with Crippen molar-refractivity contribution in [3.63, 3.8) is 0 Å². The molecule has 1 aliphatic carbocycles. The van der Waals surface area contributed by atoms with E-state index in [1.165, 1.54) is 11.1 Å². The van der Waals surface area contributed by atoms with Gasteiger partial charge in [0.05, 0.1) is 12.1 Å². The monoisotopic (exact) mass is 375 g/mol. The minimum absolute atomic E-state index is 0.130. The lowest BCUT2D eigenvalue weighted by Crippen LogP contribution is -2.45. The molecule has 2 aromatic rings. The van der Waals surface area contributed by atoms with Crippen molar-refractivity contribution in [1.29, 1.82) is 0 Å². The Morgan fingerprint density at radius 2 is 2.15 bits per heavy atom. The van der Waals surface area contributed by atoms with Gasteiger partial charge in [0.25, 0.3) is 5.56 Å². The van der Waals surface area contributed by atoms with Gasteiger partial charge < -0.3 is 15.3 Å². The number of nitrogens with zero attached hydrogens (tertiary/aromatic N) is 4. The summed E-state index contributed by atoms with van der Waals surface area (Å²) in [5.41, 5.74) is -0.130. The van der Waals surface area contributed by atoms with E-state index in [0.717, 1.165) is 56.1 Å². The molecular formula is C18H25N5O2S. The number of rotatable bonds is 5. The van der Waals surface area contributed by atoms with Crippen LogP contribution >= 0.6 is 11.3 Å². The second-order valence-corrected chi connectivity index (χ2v) is 8.00. The van der Waals surface area contributed by atoms with Crippen molar-refractivity contribution >= 4 is 22.3 Å². The van der Waals surface area contributed by atoms with E-state index in [9.17, 15) is 9.90 Å². The van der Waals surface area contributed by atoms with E-state index in [4.69, 9.17) is 0 Å². The number of aliphatic hydroxyl groups is 1. The van der Waals surface area contributed by atoms with Crippen LogP contribution in [-0.4, -0.2) is 45.1 Å². The summed E-state index contributed by atoms with van der Waals surface area (Å²) in [6.45, 7) is 1.74. The molecule has 3 heterocycles. The first-order chi connectivity index (χ1) is 12.7. The third-order valence-corrected chi connectivity index (χ3v) is 6.14. The van der Waals surface area contributed by atoms with Gasteiger partial charge in [-0.2, -0.15) is 5.10 Å². The Morgan fingerprint density at radius 3 is 2.92 bits per heavy atom. The highest BCUT2D eigenvalue weighted by atomic mass is 32.1. The molecule has 0 radical (unpaired) electrons. The third kappa shape index (κ3) is 3.61. The van der Waals surface area contributed by atoms with E-state index in [-0.39, 0.29) is 11.6 Å². The average Bonchev–Trinajstić information content (AvgIpc) is 3.32. The molecule has 0 aromatic carbocycles. The van der Waals surface area contributed by atoms with E-state index in [0.29, 0.717) is 6.04 Å². The predicted molar refractivity (Wildman–Crippen MR) is 103 cm³/mol. The first-order valence-corrected chi connectivity index (χ1v) is 10.3. The van der Waals surface area contributed by atoms with Gasteiger partial charge in [-0.05, 0) is 44.6 Å². The van der Waals surface area contributed by atoms with E-state index in [1.807, 2.05) is 11.4 Å². The van der Waals surface area contributed by atoms with Crippen molar-refractivity contribution in [3.05, 3.63) is 34.1 Å². The van der Waals surface area contributed by atoms with Gasteiger partial charge in [-0.15, -0.1) is 11.3 Å². The fraction of sp³-hybridized carbons (Fsp3) is 0.611. The smallest absolute Gasteiger partial charge is 0.267 e. The third-order valence-electron chi connectivity index (χ3n) is 5.41. The highest BCUT2D eigenvalue weighted by molar-refractivity contribution is 7.13. The number of nitrogens with one attached hydrogen (secondary N) is 1. The van der Waals surface area contributed by atoms with Crippen molar-refractivity contribution in [2.24, 2.45) is 0 Å². The molecule has 2 aromatic heterocycles. The van der Waals surface area contributed by atoms with E-state index >= 15 is 0 Å².